The third kappa shape index (κ3) is 3.76. The minimum atomic E-state index is -0.374. The SMILES string of the molecule is C[C@H](CNC(=O)O[C@H]1CNOC1)N1CCc2ccccc2C1. The minimum Gasteiger partial charge on any atom is -0.442 e. The lowest BCUT2D eigenvalue weighted by atomic mass is 9.99. The van der Waals surface area contributed by atoms with E-state index in [1.165, 1.54) is 11.1 Å². The Morgan fingerprint density at radius 2 is 2.32 bits per heavy atom. The molecule has 3 rings (SSSR count). The first-order valence-corrected chi connectivity index (χ1v) is 7.82. The third-order valence-corrected chi connectivity index (χ3v) is 4.28. The molecule has 6 heteroatoms. The normalized spacial score (nSPS) is 22.9. The van der Waals surface area contributed by atoms with Crippen LogP contribution in [-0.2, 0) is 22.5 Å². The van der Waals surface area contributed by atoms with Gasteiger partial charge < -0.3 is 10.1 Å². The lowest BCUT2D eigenvalue weighted by Crippen LogP contribution is -2.45. The highest BCUT2D eigenvalue weighted by atomic mass is 16.7. The molecule has 2 aliphatic heterocycles. The highest BCUT2D eigenvalue weighted by Gasteiger charge is 2.22. The number of alkyl carbamates (subject to hydrolysis) is 1. The van der Waals surface area contributed by atoms with Crippen molar-refractivity contribution < 1.29 is 14.4 Å². The van der Waals surface area contributed by atoms with Gasteiger partial charge in [0.25, 0.3) is 0 Å². The predicted octanol–water partition coefficient (Wildman–Crippen LogP) is 1.06. The molecule has 2 N–H and O–H groups in total. The molecular weight excluding hydrogens is 282 g/mol. The van der Waals surface area contributed by atoms with Crippen molar-refractivity contribution in [1.29, 1.82) is 0 Å². The van der Waals surface area contributed by atoms with Crippen LogP contribution in [0.2, 0.25) is 0 Å². The number of nitrogens with one attached hydrogen (secondary N) is 2. The van der Waals surface area contributed by atoms with Crippen molar-refractivity contribution in [2.24, 2.45) is 0 Å². The van der Waals surface area contributed by atoms with E-state index in [2.05, 4.69) is 46.9 Å². The molecule has 1 fully saturated rings. The molecule has 2 aliphatic rings. The average Bonchev–Trinajstić information content (AvgIpc) is 3.05. The Balaban J connectivity index is 1.44. The Morgan fingerprint density at radius 1 is 1.50 bits per heavy atom. The largest absolute Gasteiger partial charge is 0.442 e. The highest BCUT2D eigenvalue weighted by Crippen LogP contribution is 2.19. The molecule has 1 amide bonds. The van der Waals surface area contributed by atoms with E-state index in [4.69, 9.17) is 9.57 Å². The second kappa shape index (κ2) is 7.09. The summed E-state index contributed by atoms with van der Waals surface area (Å²) in [6, 6.07) is 8.84. The number of benzene rings is 1. The number of hydrogen-bond acceptors (Lipinski definition) is 5. The smallest absolute Gasteiger partial charge is 0.407 e. The fourth-order valence-corrected chi connectivity index (χ4v) is 2.89. The van der Waals surface area contributed by atoms with Gasteiger partial charge in [-0.15, -0.1) is 0 Å². The summed E-state index contributed by atoms with van der Waals surface area (Å²) in [6.45, 7) is 5.64. The molecule has 120 valence electrons. The van der Waals surface area contributed by atoms with E-state index >= 15 is 0 Å². The van der Waals surface area contributed by atoms with Gasteiger partial charge in [0.2, 0.25) is 0 Å². The molecule has 0 saturated carbocycles. The molecule has 22 heavy (non-hydrogen) atoms. The Labute approximate surface area is 130 Å². The molecule has 0 unspecified atom stereocenters. The third-order valence-electron chi connectivity index (χ3n) is 4.28. The highest BCUT2D eigenvalue weighted by molar-refractivity contribution is 5.67. The fraction of sp³-hybridized carbons (Fsp3) is 0.562. The molecular formula is C16H23N3O3. The Kier molecular flexibility index (Phi) is 4.92. The van der Waals surface area contributed by atoms with Crippen LogP contribution in [0, 0.1) is 0 Å². The van der Waals surface area contributed by atoms with Gasteiger partial charge in [0.15, 0.2) is 0 Å². The number of hydroxylamine groups is 1. The second-order valence-electron chi connectivity index (χ2n) is 5.91. The maximum absolute atomic E-state index is 11.7. The molecule has 2 heterocycles. The van der Waals surface area contributed by atoms with Crippen molar-refractivity contribution in [2.75, 3.05) is 26.2 Å². The number of hydrogen-bond donors (Lipinski definition) is 2. The number of ether oxygens (including phenoxy) is 1. The van der Waals surface area contributed by atoms with E-state index < -0.39 is 0 Å². The topological polar surface area (TPSA) is 62.8 Å². The number of amides is 1. The summed E-state index contributed by atoms with van der Waals surface area (Å²) in [6.07, 6.45) is 0.495. The van der Waals surface area contributed by atoms with Gasteiger partial charge in [-0.25, -0.2) is 4.79 Å². The molecule has 1 aromatic rings. The molecule has 0 bridgehead atoms. The summed E-state index contributed by atoms with van der Waals surface area (Å²) in [4.78, 5) is 19.1. The second-order valence-corrected chi connectivity index (χ2v) is 5.91. The van der Waals surface area contributed by atoms with E-state index in [9.17, 15) is 4.79 Å². The van der Waals surface area contributed by atoms with Crippen molar-refractivity contribution >= 4 is 6.09 Å². The van der Waals surface area contributed by atoms with Crippen LogP contribution < -0.4 is 10.8 Å². The first kappa shape index (κ1) is 15.3. The Hall–Kier alpha value is -1.63. The van der Waals surface area contributed by atoms with Gasteiger partial charge in [-0.1, -0.05) is 24.3 Å². The number of fused-ring (bicyclic) bond motifs is 1. The zero-order valence-corrected chi connectivity index (χ0v) is 12.9. The van der Waals surface area contributed by atoms with Crippen LogP contribution in [0.3, 0.4) is 0 Å². The first-order valence-electron chi connectivity index (χ1n) is 7.82. The lowest BCUT2D eigenvalue weighted by Gasteiger charge is -2.33. The van der Waals surface area contributed by atoms with Crippen LogP contribution >= 0.6 is 0 Å². The maximum Gasteiger partial charge on any atom is 0.407 e. The summed E-state index contributed by atoms with van der Waals surface area (Å²) in [5.41, 5.74) is 5.51. The minimum absolute atomic E-state index is 0.197. The van der Waals surface area contributed by atoms with Crippen molar-refractivity contribution in [3.8, 4) is 0 Å². The van der Waals surface area contributed by atoms with E-state index in [1.807, 2.05) is 0 Å². The van der Waals surface area contributed by atoms with Gasteiger partial charge >= 0.3 is 6.09 Å². The quantitative estimate of drug-likeness (QED) is 0.871. The molecule has 1 saturated heterocycles. The van der Waals surface area contributed by atoms with Gasteiger partial charge in [0.1, 0.15) is 12.7 Å². The molecule has 6 nitrogen and oxygen atoms in total. The number of carbonyl (C=O) groups excluding carboxylic acids is 1. The standard InChI is InChI=1S/C16H23N3O3/c1-12(8-17-16(20)22-15-9-18-21-11-15)19-7-6-13-4-2-3-5-14(13)10-19/h2-5,12,15,18H,6-11H2,1H3,(H,17,20)/t12-,15+/m1/s1. The molecule has 0 aromatic heterocycles. The van der Waals surface area contributed by atoms with Gasteiger partial charge in [-0.2, -0.15) is 5.48 Å². The maximum atomic E-state index is 11.7. The van der Waals surface area contributed by atoms with Crippen LogP contribution in [0.4, 0.5) is 4.79 Å². The van der Waals surface area contributed by atoms with Gasteiger partial charge in [0.05, 0.1) is 6.54 Å². The molecule has 2 atom stereocenters. The summed E-state index contributed by atoms with van der Waals surface area (Å²) in [7, 11) is 0. The van der Waals surface area contributed by atoms with Crippen molar-refractivity contribution in [1.82, 2.24) is 15.7 Å². The molecule has 0 aliphatic carbocycles. The molecule has 0 radical (unpaired) electrons. The Bertz CT molecular complexity index is 517. The zero-order chi connectivity index (χ0) is 15.4. The number of carbonyl (C=O) groups is 1. The lowest BCUT2D eigenvalue weighted by molar-refractivity contribution is 0.0634. The summed E-state index contributed by atoms with van der Waals surface area (Å²) in [5, 5.41) is 2.84. The number of rotatable bonds is 4. The summed E-state index contributed by atoms with van der Waals surface area (Å²) in [5.74, 6) is 0. The van der Waals surface area contributed by atoms with Crippen LogP contribution in [0.5, 0.6) is 0 Å². The van der Waals surface area contributed by atoms with Gasteiger partial charge in [0, 0.05) is 25.7 Å². The zero-order valence-electron chi connectivity index (χ0n) is 12.9. The van der Waals surface area contributed by atoms with Crippen LogP contribution in [-0.4, -0.2) is 49.4 Å². The first-order chi connectivity index (χ1) is 10.7. The van der Waals surface area contributed by atoms with Crippen molar-refractivity contribution in [3.05, 3.63) is 35.4 Å². The van der Waals surface area contributed by atoms with Crippen LogP contribution in [0.15, 0.2) is 24.3 Å². The monoisotopic (exact) mass is 305 g/mol. The Morgan fingerprint density at radius 3 is 3.09 bits per heavy atom. The van der Waals surface area contributed by atoms with Crippen LogP contribution in [0.25, 0.3) is 0 Å². The summed E-state index contributed by atoms with van der Waals surface area (Å²) >= 11 is 0. The fourth-order valence-electron chi connectivity index (χ4n) is 2.89. The number of nitrogens with zero attached hydrogens (tertiary/aromatic N) is 1. The van der Waals surface area contributed by atoms with E-state index in [1.54, 1.807) is 0 Å². The predicted molar refractivity (Wildman–Crippen MR) is 82.2 cm³/mol. The average molecular weight is 305 g/mol. The van der Waals surface area contributed by atoms with Crippen molar-refractivity contribution in [3.63, 3.8) is 0 Å². The van der Waals surface area contributed by atoms with Gasteiger partial charge in [-0.05, 0) is 24.5 Å². The van der Waals surface area contributed by atoms with Crippen molar-refractivity contribution in [2.45, 2.75) is 32.0 Å². The van der Waals surface area contributed by atoms with E-state index in [0.29, 0.717) is 19.7 Å². The van der Waals surface area contributed by atoms with Crippen LogP contribution in [0.1, 0.15) is 18.1 Å². The molecule has 1 aromatic carbocycles. The van der Waals surface area contributed by atoms with E-state index in [0.717, 1.165) is 19.5 Å². The van der Waals surface area contributed by atoms with Gasteiger partial charge in [-0.3, -0.25) is 9.74 Å². The summed E-state index contributed by atoms with van der Waals surface area (Å²) < 4.78 is 5.25. The van der Waals surface area contributed by atoms with E-state index in [-0.39, 0.29) is 18.2 Å². The molecule has 0 spiro atoms.